The summed E-state index contributed by atoms with van der Waals surface area (Å²) in [7, 11) is -3.79. The molecule has 9 nitrogen and oxygen atoms in total. The molecule has 2 aromatic heterocycles. The molecule has 174 valence electrons. The van der Waals surface area contributed by atoms with Crippen LogP contribution in [0.5, 0.6) is 0 Å². The first-order valence-electron chi connectivity index (χ1n) is 9.97. The van der Waals surface area contributed by atoms with Gasteiger partial charge in [-0.25, -0.2) is 13.4 Å². The summed E-state index contributed by atoms with van der Waals surface area (Å²) >= 11 is 2.38. The summed E-state index contributed by atoms with van der Waals surface area (Å²) in [5.74, 6) is -0.447. The maximum absolute atomic E-state index is 13.1. The van der Waals surface area contributed by atoms with Gasteiger partial charge in [0.2, 0.25) is 0 Å². The van der Waals surface area contributed by atoms with Crippen LogP contribution in [0.25, 0.3) is 10.6 Å². The molecular weight excluding hydrogens is 496 g/mol. The number of para-hydroxylation sites is 1. The fourth-order valence-electron chi connectivity index (χ4n) is 3.16. The molecule has 0 bridgehead atoms. The second-order valence-electron chi connectivity index (χ2n) is 6.95. The molecule has 0 saturated heterocycles. The number of nitrogens with zero attached hydrogens (tertiary/aromatic N) is 3. The molecule has 1 amide bonds. The van der Waals surface area contributed by atoms with Gasteiger partial charge in [-0.05, 0) is 43.3 Å². The zero-order chi connectivity index (χ0) is 24.3. The van der Waals surface area contributed by atoms with Crippen LogP contribution in [0.1, 0.15) is 17.3 Å². The maximum Gasteiger partial charge on any atom is 0.280 e. The molecule has 4 rings (SSSR count). The molecule has 34 heavy (non-hydrogen) atoms. The number of benzene rings is 2. The largest absolute Gasteiger partial charge is 0.298 e. The fraction of sp³-hybridized carbons (Fsp3) is 0.0909. The standard InChI is InChI=1S/C22H18N4O5S3/c1-2-25(16-6-4-3-5-7-16)34(30,31)18-10-8-15(9-11-18)21(27)24-22-23-19(14-33-22)20-12-17(13-32-20)26(28)29/h3-14H,2H2,1H3,(H,23,24,27). The van der Waals surface area contributed by atoms with Gasteiger partial charge in [0.05, 0.1) is 31.5 Å². The van der Waals surface area contributed by atoms with Gasteiger partial charge in [0.15, 0.2) is 5.13 Å². The number of rotatable bonds is 8. The SMILES string of the molecule is CCN(c1ccccc1)S(=O)(=O)c1ccc(C(=O)Nc2nc(-c3cc([N+](=O)[O-])cs3)cs2)cc1. The lowest BCUT2D eigenvalue weighted by atomic mass is 10.2. The molecule has 2 heterocycles. The van der Waals surface area contributed by atoms with Crippen molar-refractivity contribution in [2.24, 2.45) is 0 Å². The maximum atomic E-state index is 13.1. The second-order valence-corrected chi connectivity index (χ2v) is 10.6. The highest BCUT2D eigenvalue weighted by Gasteiger charge is 2.24. The van der Waals surface area contributed by atoms with Gasteiger partial charge in [0, 0.05) is 23.6 Å². The first kappa shape index (κ1) is 23.5. The predicted octanol–water partition coefficient (Wildman–Crippen LogP) is 5.25. The van der Waals surface area contributed by atoms with E-state index >= 15 is 0 Å². The van der Waals surface area contributed by atoms with E-state index in [1.54, 1.807) is 36.6 Å². The average molecular weight is 515 g/mol. The first-order valence-corrected chi connectivity index (χ1v) is 13.2. The second kappa shape index (κ2) is 9.71. The Hall–Kier alpha value is -3.61. The summed E-state index contributed by atoms with van der Waals surface area (Å²) < 4.78 is 27.5. The summed E-state index contributed by atoms with van der Waals surface area (Å²) in [5.41, 5.74) is 1.34. The number of nitro groups is 1. The number of hydrogen-bond acceptors (Lipinski definition) is 8. The van der Waals surface area contributed by atoms with Crippen LogP contribution in [0.2, 0.25) is 0 Å². The lowest BCUT2D eigenvalue weighted by Gasteiger charge is -2.22. The van der Waals surface area contributed by atoms with Crippen molar-refractivity contribution < 1.29 is 18.1 Å². The quantitative estimate of drug-likeness (QED) is 0.253. The van der Waals surface area contributed by atoms with Gasteiger partial charge in [-0.2, -0.15) is 0 Å². The third-order valence-electron chi connectivity index (χ3n) is 4.81. The topological polar surface area (TPSA) is 123 Å². The lowest BCUT2D eigenvalue weighted by molar-refractivity contribution is -0.384. The Bertz CT molecular complexity index is 1430. The Morgan fingerprint density at radius 2 is 1.79 bits per heavy atom. The highest BCUT2D eigenvalue weighted by Crippen LogP contribution is 2.33. The molecule has 0 radical (unpaired) electrons. The smallest absolute Gasteiger partial charge is 0.280 e. The molecule has 0 saturated carbocycles. The van der Waals surface area contributed by atoms with Crippen molar-refractivity contribution in [3.05, 3.63) is 87.1 Å². The van der Waals surface area contributed by atoms with Crippen LogP contribution in [-0.4, -0.2) is 30.8 Å². The summed E-state index contributed by atoms with van der Waals surface area (Å²) in [5, 5.41) is 17.0. The molecule has 0 atom stereocenters. The Morgan fingerprint density at radius 1 is 1.09 bits per heavy atom. The minimum absolute atomic E-state index is 0.0115. The fourth-order valence-corrected chi connectivity index (χ4v) is 6.23. The van der Waals surface area contributed by atoms with E-state index in [1.165, 1.54) is 62.7 Å². The average Bonchev–Trinajstić information content (AvgIpc) is 3.50. The molecule has 2 aromatic carbocycles. The Morgan fingerprint density at radius 3 is 2.41 bits per heavy atom. The number of aromatic nitrogens is 1. The predicted molar refractivity (Wildman–Crippen MR) is 133 cm³/mol. The molecule has 0 aliphatic carbocycles. The van der Waals surface area contributed by atoms with Gasteiger partial charge in [0.25, 0.3) is 21.6 Å². The van der Waals surface area contributed by atoms with Gasteiger partial charge in [0.1, 0.15) is 0 Å². The van der Waals surface area contributed by atoms with E-state index in [9.17, 15) is 23.3 Å². The van der Waals surface area contributed by atoms with E-state index in [-0.39, 0.29) is 22.7 Å². The van der Waals surface area contributed by atoms with Crippen LogP contribution < -0.4 is 9.62 Å². The molecule has 0 unspecified atom stereocenters. The van der Waals surface area contributed by atoms with Gasteiger partial charge in [-0.1, -0.05) is 18.2 Å². The summed E-state index contributed by atoms with van der Waals surface area (Å²) in [6.07, 6.45) is 0. The van der Waals surface area contributed by atoms with E-state index in [0.29, 0.717) is 21.4 Å². The van der Waals surface area contributed by atoms with E-state index in [0.717, 1.165) is 0 Å². The van der Waals surface area contributed by atoms with Gasteiger partial charge < -0.3 is 0 Å². The van der Waals surface area contributed by atoms with Crippen molar-refractivity contribution in [1.29, 1.82) is 0 Å². The zero-order valence-corrected chi connectivity index (χ0v) is 20.2. The van der Waals surface area contributed by atoms with Crippen molar-refractivity contribution in [3.8, 4) is 10.6 Å². The number of hydrogen-bond donors (Lipinski definition) is 1. The van der Waals surface area contributed by atoms with Crippen molar-refractivity contribution in [1.82, 2.24) is 4.98 Å². The number of thiophene rings is 1. The van der Waals surface area contributed by atoms with Crippen LogP contribution >= 0.6 is 22.7 Å². The third-order valence-corrected chi connectivity index (χ3v) is 8.42. The molecule has 0 aliphatic heterocycles. The minimum atomic E-state index is -3.79. The third kappa shape index (κ3) is 4.83. The minimum Gasteiger partial charge on any atom is -0.298 e. The normalized spacial score (nSPS) is 11.2. The monoisotopic (exact) mass is 514 g/mol. The number of carbonyl (C=O) groups excluding carboxylic acids is 1. The number of carbonyl (C=O) groups is 1. The van der Waals surface area contributed by atoms with E-state index in [1.807, 2.05) is 6.07 Å². The first-order chi connectivity index (χ1) is 16.3. The zero-order valence-electron chi connectivity index (χ0n) is 17.7. The Balaban J connectivity index is 1.48. The van der Waals surface area contributed by atoms with Crippen molar-refractivity contribution in [3.63, 3.8) is 0 Å². The number of sulfonamides is 1. The van der Waals surface area contributed by atoms with Crippen molar-refractivity contribution in [2.75, 3.05) is 16.2 Å². The van der Waals surface area contributed by atoms with Gasteiger partial charge in [-0.3, -0.25) is 24.5 Å². The lowest BCUT2D eigenvalue weighted by Crippen LogP contribution is -2.30. The van der Waals surface area contributed by atoms with E-state index in [4.69, 9.17) is 0 Å². The highest BCUT2D eigenvalue weighted by atomic mass is 32.2. The summed E-state index contributed by atoms with van der Waals surface area (Å²) in [6.45, 7) is 2.01. The van der Waals surface area contributed by atoms with Crippen LogP contribution in [0, 0.1) is 10.1 Å². The molecule has 0 fully saturated rings. The molecule has 12 heteroatoms. The van der Waals surface area contributed by atoms with Crippen molar-refractivity contribution in [2.45, 2.75) is 11.8 Å². The van der Waals surface area contributed by atoms with Crippen LogP contribution in [-0.2, 0) is 10.0 Å². The van der Waals surface area contributed by atoms with E-state index < -0.39 is 20.9 Å². The number of amides is 1. The number of nitrogens with one attached hydrogen (secondary N) is 1. The molecular formula is C22H18N4O5S3. The van der Waals surface area contributed by atoms with Gasteiger partial charge >= 0.3 is 0 Å². The van der Waals surface area contributed by atoms with Crippen LogP contribution in [0.3, 0.4) is 0 Å². The van der Waals surface area contributed by atoms with Gasteiger partial charge in [-0.15, -0.1) is 22.7 Å². The molecule has 1 N–H and O–H groups in total. The summed E-state index contributed by atoms with van der Waals surface area (Å²) in [4.78, 5) is 28.0. The summed E-state index contributed by atoms with van der Waals surface area (Å²) in [6, 6.07) is 15.9. The molecule has 0 spiro atoms. The highest BCUT2D eigenvalue weighted by molar-refractivity contribution is 7.92. The van der Waals surface area contributed by atoms with E-state index in [2.05, 4.69) is 10.3 Å². The van der Waals surface area contributed by atoms with Crippen LogP contribution in [0.15, 0.2) is 76.3 Å². The Kier molecular flexibility index (Phi) is 6.72. The Labute approximate surface area is 203 Å². The number of thiazole rings is 1. The molecule has 4 aromatic rings. The van der Waals surface area contributed by atoms with Crippen molar-refractivity contribution >= 4 is 55.1 Å². The molecule has 0 aliphatic rings. The van der Waals surface area contributed by atoms with Crippen LogP contribution in [0.4, 0.5) is 16.5 Å². The number of anilines is 2.